The summed E-state index contributed by atoms with van der Waals surface area (Å²) < 4.78 is 5.43. The fourth-order valence-electron chi connectivity index (χ4n) is 2.22. The molecule has 0 aromatic heterocycles. The number of aryl methyl sites for hydroxylation is 3. The highest BCUT2D eigenvalue weighted by atomic mass is 16.5. The Kier molecular flexibility index (Phi) is 5.36. The van der Waals surface area contributed by atoms with Crippen molar-refractivity contribution in [3.63, 3.8) is 0 Å². The molecule has 0 unspecified atom stereocenters. The second-order valence-electron chi connectivity index (χ2n) is 5.43. The van der Waals surface area contributed by atoms with Crippen molar-refractivity contribution in [3.8, 4) is 5.75 Å². The summed E-state index contributed by atoms with van der Waals surface area (Å²) in [4.78, 5) is 23.7. The molecule has 0 bridgehead atoms. The molecule has 0 radical (unpaired) electrons. The van der Waals surface area contributed by atoms with Crippen LogP contribution >= 0.6 is 0 Å². The van der Waals surface area contributed by atoms with Crippen LogP contribution in [0, 0.1) is 20.8 Å². The van der Waals surface area contributed by atoms with Gasteiger partial charge >= 0.3 is 0 Å². The van der Waals surface area contributed by atoms with Gasteiger partial charge in [-0.25, -0.2) is 0 Å². The van der Waals surface area contributed by atoms with E-state index in [9.17, 15) is 9.59 Å². The van der Waals surface area contributed by atoms with Gasteiger partial charge < -0.3 is 4.74 Å². The van der Waals surface area contributed by atoms with Crippen molar-refractivity contribution in [3.05, 3.63) is 64.7 Å². The molecule has 0 saturated heterocycles. The van der Waals surface area contributed by atoms with E-state index in [0.29, 0.717) is 11.3 Å². The van der Waals surface area contributed by atoms with E-state index >= 15 is 0 Å². The second kappa shape index (κ2) is 7.45. The first-order valence-electron chi connectivity index (χ1n) is 7.31. The zero-order valence-electron chi connectivity index (χ0n) is 13.5. The molecule has 0 spiro atoms. The van der Waals surface area contributed by atoms with Crippen molar-refractivity contribution in [2.24, 2.45) is 0 Å². The maximum absolute atomic E-state index is 12.0. The van der Waals surface area contributed by atoms with Gasteiger partial charge in [-0.2, -0.15) is 0 Å². The third-order valence-corrected chi connectivity index (χ3v) is 3.27. The molecule has 120 valence electrons. The molecule has 2 rings (SSSR count). The zero-order valence-corrected chi connectivity index (χ0v) is 13.5. The zero-order chi connectivity index (χ0) is 16.8. The third kappa shape index (κ3) is 4.85. The van der Waals surface area contributed by atoms with Crippen molar-refractivity contribution >= 4 is 11.8 Å². The van der Waals surface area contributed by atoms with Gasteiger partial charge in [0.15, 0.2) is 6.61 Å². The summed E-state index contributed by atoms with van der Waals surface area (Å²) in [5.74, 6) is -0.156. The van der Waals surface area contributed by atoms with E-state index in [1.807, 2.05) is 51.1 Å². The first-order chi connectivity index (χ1) is 11.0. The van der Waals surface area contributed by atoms with Crippen LogP contribution in [0.15, 0.2) is 42.5 Å². The number of amides is 2. The van der Waals surface area contributed by atoms with Gasteiger partial charge in [-0.15, -0.1) is 0 Å². The van der Waals surface area contributed by atoms with Gasteiger partial charge in [-0.1, -0.05) is 24.3 Å². The van der Waals surface area contributed by atoms with Crippen molar-refractivity contribution in [2.75, 3.05) is 6.61 Å². The standard InChI is InChI=1S/C18H20N2O3/c1-12-8-13(2)10-15(9-12)23-11-17(21)19-20-18(22)16-7-5-4-6-14(16)3/h4-10H,11H2,1-3H3,(H,19,21)(H,20,22). The fourth-order valence-corrected chi connectivity index (χ4v) is 2.22. The highest BCUT2D eigenvalue weighted by Crippen LogP contribution is 2.15. The highest BCUT2D eigenvalue weighted by molar-refractivity contribution is 5.96. The molecule has 2 aromatic rings. The number of ether oxygens (including phenoxy) is 1. The van der Waals surface area contributed by atoms with E-state index < -0.39 is 5.91 Å². The van der Waals surface area contributed by atoms with Crippen LogP contribution in [0.3, 0.4) is 0 Å². The Labute approximate surface area is 135 Å². The van der Waals surface area contributed by atoms with Crippen LogP contribution in [0.2, 0.25) is 0 Å². The van der Waals surface area contributed by atoms with E-state index in [2.05, 4.69) is 10.9 Å². The van der Waals surface area contributed by atoms with Crippen molar-refractivity contribution in [1.82, 2.24) is 10.9 Å². The largest absolute Gasteiger partial charge is 0.484 e. The second-order valence-corrected chi connectivity index (χ2v) is 5.43. The van der Waals surface area contributed by atoms with Gasteiger partial charge in [0.05, 0.1) is 0 Å². The Morgan fingerprint density at radius 3 is 2.26 bits per heavy atom. The number of nitrogens with one attached hydrogen (secondary N) is 2. The molecule has 0 aliphatic heterocycles. The number of carbonyl (C=O) groups excluding carboxylic acids is 2. The van der Waals surface area contributed by atoms with Crippen LogP contribution in [0.1, 0.15) is 27.0 Å². The average Bonchev–Trinajstić information content (AvgIpc) is 2.50. The molecule has 5 nitrogen and oxygen atoms in total. The monoisotopic (exact) mass is 312 g/mol. The van der Waals surface area contributed by atoms with Gasteiger partial charge in [0.1, 0.15) is 5.75 Å². The highest BCUT2D eigenvalue weighted by Gasteiger charge is 2.09. The molecule has 2 aromatic carbocycles. The van der Waals surface area contributed by atoms with Crippen LogP contribution < -0.4 is 15.6 Å². The number of hydrazine groups is 1. The number of rotatable bonds is 4. The SMILES string of the molecule is Cc1cc(C)cc(OCC(=O)NNC(=O)c2ccccc2C)c1. The van der Waals surface area contributed by atoms with Crippen molar-refractivity contribution in [1.29, 1.82) is 0 Å². The summed E-state index contributed by atoms with van der Waals surface area (Å²) in [7, 11) is 0. The minimum absolute atomic E-state index is 0.170. The van der Waals surface area contributed by atoms with E-state index in [-0.39, 0.29) is 12.5 Å². The molecule has 0 aliphatic rings. The molecule has 5 heteroatoms. The topological polar surface area (TPSA) is 67.4 Å². The molecule has 0 fully saturated rings. The summed E-state index contributed by atoms with van der Waals surface area (Å²) in [5.41, 5.74) is 8.21. The van der Waals surface area contributed by atoms with E-state index in [4.69, 9.17) is 4.74 Å². The van der Waals surface area contributed by atoms with E-state index in [0.717, 1.165) is 16.7 Å². The average molecular weight is 312 g/mol. The lowest BCUT2D eigenvalue weighted by molar-refractivity contribution is -0.123. The molecular weight excluding hydrogens is 292 g/mol. The van der Waals surface area contributed by atoms with Crippen molar-refractivity contribution in [2.45, 2.75) is 20.8 Å². The number of hydrogen-bond acceptors (Lipinski definition) is 3. The molecule has 2 amide bonds. The molecule has 0 heterocycles. The van der Waals surface area contributed by atoms with Gasteiger partial charge in [-0.05, 0) is 55.7 Å². The maximum Gasteiger partial charge on any atom is 0.276 e. The summed E-state index contributed by atoms with van der Waals surface area (Å²) in [6, 6.07) is 12.9. The Balaban J connectivity index is 1.83. The Hall–Kier alpha value is -2.82. The summed E-state index contributed by atoms with van der Waals surface area (Å²) in [5, 5.41) is 0. The number of carbonyl (C=O) groups is 2. The smallest absolute Gasteiger partial charge is 0.276 e. The van der Waals surface area contributed by atoms with Crippen LogP contribution in [0.4, 0.5) is 0 Å². The molecule has 0 saturated carbocycles. The minimum Gasteiger partial charge on any atom is -0.484 e. The Bertz CT molecular complexity index is 706. The fraction of sp³-hybridized carbons (Fsp3) is 0.222. The summed E-state index contributed by atoms with van der Waals surface area (Å²) in [6.45, 7) is 5.58. The molecule has 2 N–H and O–H groups in total. The number of hydrogen-bond donors (Lipinski definition) is 2. The van der Waals surface area contributed by atoms with Gasteiger partial charge in [0.2, 0.25) is 0 Å². The van der Waals surface area contributed by atoms with Crippen LogP contribution in [-0.2, 0) is 4.79 Å². The third-order valence-electron chi connectivity index (χ3n) is 3.27. The van der Waals surface area contributed by atoms with Gasteiger partial charge in [0, 0.05) is 5.56 Å². The Morgan fingerprint density at radius 2 is 1.61 bits per heavy atom. The van der Waals surface area contributed by atoms with Crippen molar-refractivity contribution < 1.29 is 14.3 Å². The normalized spacial score (nSPS) is 10.0. The summed E-state index contributed by atoms with van der Waals surface area (Å²) in [6.07, 6.45) is 0. The molecule has 0 atom stereocenters. The molecule has 23 heavy (non-hydrogen) atoms. The Morgan fingerprint density at radius 1 is 0.957 bits per heavy atom. The van der Waals surface area contributed by atoms with Gasteiger partial charge in [0.25, 0.3) is 11.8 Å². The first-order valence-corrected chi connectivity index (χ1v) is 7.31. The minimum atomic E-state index is -0.425. The maximum atomic E-state index is 12.0. The molecular formula is C18H20N2O3. The first kappa shape index (κ1) is 16.5. The molecule has 0 aliphatic carbocycles. The van der Waals surface area contributed by atoms with Gasteiger partial charge in [-0.3, -0.25) is 20.4 Å². The summed E-state index contributed by atoms with van der Waals surface area (Å²) >= 11 is 0. The van der Waals surface area contributed by atoms with E-state index in [1.165, 1.54) is 0 Å². The predicted octanol–water partition coefficient (Wildman–Crippen LogP) is 2.45. The quantitative estimate of drug-likeness (QED) is 0.852. The lowest BCUT2D eigenvalue weighted by atomic mass is 10.1. The predicted molar refractivity (Wildman–Crippen MR) is 88.2 cm³/mol. The van der Waals surface area contributed by atoms with E-state index in [1.54, 1.807) is 12.1 Å². The van der Waals surface area contributed by atoms with Crippen LogP contribution in [0.5, 0.6) is 5.75 Å². The lowest BCUT2D eigenvalue weighted by Gasteiger charge is -2.10. The van der Waals surface area contributed by atoms with Crippen LogP contribution in [0.25, 0.3) is 0 Å². The lowest BCUT2D eigenvalue weighted by Crippen LogP contribution is -2.44. The van der Waals surface area contributed by atoms with Crippen LogP contribution in [-0.4, -0.2) is 18.4 Å². The number of benzene rings is 2.